The lowest BCUT2D eigenvalue weighted by atomic mass is 10.00. The molecule has 2 fully saturated rings. The van der Waals surface area contributed by atoms with E-state index in [-0.39, 0.29) is 23.0 Å². The maximum atomic E-state index is 13.1. The Morgan fingerprint density at radius 3 is 2.43 bits per heavy atom. The lowest BCUT2D eigenvalue weighted by molar-refractivity contribution is -0.120. The van der Waals surface area contributed by atoms with Crippen molar-refractivity contribution in [3.63, 3.8) is 0 Å². The van der Waals surface area contributed by atoms with Crippen molar-refractivity contribution in [2.24, 2.45) is 5.92 Å². The van der Waals surface area contributed by atoms with E-state index in [4.69, 9.17) is 0 Å². The highest BCUT2D eigenvalue weighted by Gasteiger charge is 2.33. The summed E-state index contributed by atoms with van der Waals surface area (Å²) in [6.45, 7) is 8.14. The molecule has 2 atom stereocenters. The molecule has 2 aromatic rings. The monoisotopic (exact) mass is 431 g/mol. The van der Waals surface area contributed by atoms with Crippen LogP contribution in [-0.4, -0.2) is 39.0 Å². The summed E-state index contributed by atoms with van der Waals surface area (Å²) < 4.78 is 15.4. The second-order valence-corrected chi connectivity index (χ2v) is 9.90. The van der Waals surface area contributed by atoms with Crippen LogP contribution in [0.1, 0.15) is 64.1 Å². The fourth-order valence-corrected chi connectivity index (χ4v) is 4.73. The lowest BCUT2D eigenvalue weighted by Crippen LogP contribution is -2.35. The molecule has 1 N–H and O–H groups in total. The Bertz CT molecular complexity index is 874. The van der Waals surface area contributed by atoms with Gasteiger partial charge in [0.2, 0.25) is 11.9 Å². The summed E-state index contributed by atoms with van der Waals surface area (Å²) in [6.07, 6.45) is 4.65. The van der Waals surface area contributed by atoms with Gasteiger partial charge in [-0.3, -0.25) is 9.36 Å². The van der Waals surface area contributed by atoms with E-state index < -0.39 is 0 Å². The number of nitrogens with zero attached hydrogens (tertiary/aromatic N) is 4. The number of rotatable bonds is 7. The normalized spacial score (nSPS) is 19.5. The van der Waals surface area contributed by atoms with Gasteiger partial charge in [0, 0.05) is 19.1 Å². The molecule has 0 spiro atoms. The van der Waals surface area contributed by atoms with E-state index in [0.29, 0.717) is 6.04 Å². The highest BCUT2D eigenvalue weighted by Crippen LogP contribution is 2.42. The van der Waals surface area contributed by atoms with Gasteiger partial charge in [0.05, 0.1) is 11.3 Å². The molecule has 8 heteroatoms. The third-order valence-electron chi connectivity index (χ3n) is 6.01. The van der Waals surface area contributed by atoms with Gasteiger partial charge in [-0.1, -0.05) is 30.8 Å². The summed E-state index contributed by atoms with van der Waals surface area (Å²) >= 11 is 1.46. The number of hydrogen-bond donors (Lipinski definition) is 1. The van der Waals surface area contributed by atoms with Crippen LogP contribution in [0.2, 0.25) is 0 Å². The number of piperidine rings is 1. The van der Waals surface area contributed by atoms with Crippen molar-refractivity contribution in [3.05, 3.63) is 35.6 Å². The molecule has 162 valence electrons. The predicted molar refractivity (Wildman–Crippen MR) is 117 cm³/mol. The molecule has 1 amide bonds. The molecule has 0 bridgehead atoms. The van der Waals surface area contributed by atoms with Gasteiger partial charge in [-0.25, -0.2) is 4.39 Å². The second kappa shape index (κ2) is 8.96. The second-order valence-electron chi connectivity index (χ2n) is 8.60. The van der Waals surface area contributed by atoms with Crippen molar-refractivity contribution in [1.29, 1.82) is 0 Å². The maximum Gasteiger partial charge on any atom is 0.233 e. The number of anilines is 1. The fourth-order valence-electron chi connectivity index (χ4n) is 3.80. The average molecular weight is 432 g/mol. The van der Waals surface area contributed by atoms with Crippen molar-refractivity contribution >= 4 is 23.6 Å². The maximum absolute atomic E-state index is 13.1. The number of hydrogen-bond acceptors (Lipinski definition) is 5. The van der Waals surface area contributed by atoms with Gasteiger partial charge in [-0.15, -0.1) is 10.2 Å². The van der Waals surface area contributed by atoms with Crippen LogP contribution in [-0.2, 0) is 4.79 Å². The highest BCUT2D eigenvalue weighted by atomic mass is 32.2. The Balaban J connectivity index is 1.42. The van der Waals surface area contributed by atoms with Gasteiger partial charge in [-0.2, -0.15) is 0 Å². The summed E-state index contributed by atoms with van der Waals surface area (Å²) in [5.41, 5.74) is 0.879. The van der Waals surface area contributed by atoms with Gasteiger partial charge >= 0.3 is 0 Å². The molecule has 30 heavy (non-hydrogen) atoms. The number of aromatic nitrogens is 3. The molecular weight excluding hydrogens is 401 g/mol. The van der Waals surface area contributed by atoms with Crippen molar-refractivity contribution in [2.75, 3.05) is 18.0 Å². The first-order chi connectivity index (χ1) is 14.4. The molecule has 1 aromatic carbocycles. The minimum absolute atomic E-state index is 0.0597. The molecule has 4 rings (SSSR count). The average Bonchev–Trinajstić information content (AvgIpc) is 3.49. The molecule has 1 saturated carbocycles. The van der Waals surface area contributed by atoms with Crippen LogP contribution in [0.15, 0.2) is 29.4 Å². The quantitative estimate of drug-likeness (QED) is 0.661. The van der Waals surface area contributed by atoms with Crippen LogP contribution in [0.5, 0.6) is 0 Å². The molecule has 1 saturated heterocycles. The third-order valence-corrected chi connectivity index (χ3v) is 7.06. The molecule has 0 radical (unpaired) electrons. The van der Waals surface area contributed by atoms with Crippen LogP contribution in [0.3, 0.4) is 0 Å². The topological polar surface area (TPSA) is 63.1 Å². The Labute approximate surface area is 181 Å². The van der Waals surface area contributed by atoms with Crippen LogP contribution < -0.4 is 10.2 Å². The summed E-state index contributed by atoms with van der Waals surface area (Å²) in [5.74, 6) is 1.38. The molecule has 1 aromatic heterocycles. The van der Waals surface area contributed by atoms with Crippen LogP contribution in [0, 0.1) is 11.7 Å². The first kappa shape index (κ1) is 21.2. The number of carbonyl (C=O) groups is 1. The van der Waals surface area contributed by atoms with E-state index in [1.54, 1.807) is 12.1 Å². The third kappa shape index (κ3) is 4.79. The fraction of sp³-hybridized carbons (Fsp3) is 0.591. The number of carbonyl (C=O) groups excluding carboxylic acids is 1. The van der Waals surface area contributed by atoms with Crippen LogP contribution in [0.4, 0.5) is 10.3 Å². The molecular formula is C22H30FN5OS. The van der Waals surface area contributed by atoms with E-state index >= 15 is 0 Å². The first-order valence-corrected chi connectivity index (χ1v) is 11.7. The van der Waals surface area contributed by atoms with Gasteiger partial charge in [0.15, 0.2) is 5.16 Å². The molecule has 2 aliphatic rings. The molecule has 1 aliphatic carbocycles. The van der Waals surface area contributed by atoms with E-state index in [0.717, 1.165) is 48.5 Å². The van der Waals surface area contributed by atoms with E-state index in [9.17, 15) is 9.18 Å². The van der Waals surface area contributed by atoms with E-state index in [1.807, 2.05) is 13.8 Å². The minimum Gasteiger partial charge on any atom is -0.349 e. The standard InChI is InChI=1S/C22H30FN5OS/c1-14-10-12-27(13-11-14)21-25-26-22(28(21)19-8-9-19)30-16(3)20(29)24-15(2)17-4-6-18(23)7-5-17/h4-7,14-16,19H,8-13H2,1-3H3,(H,24,29)/t15-,16+/m1/s1. The zero-order valence-electron chi connectivity index (χ0n) is 17.8. The van der Waals surface area contributed by atoms with Gasteiger partial charge < -0.3 is 10.2 Å². The molecule has 2 heterocycles. The van der Waals surface area contributed by atoms with Crippen molar-refractivity contribution in [2.45, 2.75) is 68.9 Å². The predicted octanol–water partition coefficient (Wildman–Crippen LogP) is 4.35. The van der Waals surface area contributed by atoms with Crippen LogP contribution in [0.25, 0.3) is 0 Å². The molecule has 0 unspecified atom stereocenters. The Kier molecular flexibility index (Phi) is 6.32. The highest BCUT2D eigenvalue weighted by molar-refractivity contribution is 8.00. The Morgan fingerprint density at radius 2 is 1.80 bits per heavy atom. The Hall–Kier alpha value is -2.09. The van der Waals surface area contributed by atoms with Gasteiger partial charge in [-0.05, 0) is 63.1 Å². The number of amides is 1. The zero-order valence-corrected chi connectivity index (χ0v) is 18.7. The largest absolute Gasteiger partial charge is 0.349 e. The zero-order chi connectivity index (χ0) is 21.3. The Morgan fingerprint density at radius 1 is 1.13 bits per heavy atom. The SMILES string of the molecule is CC1CCN(c2nnc(S[C@@H](C)C(=O)N[C@H](C)c3ccc(F)cc3)n2C2CC2)CC1. The van der Waals surface area contributed by atoms with E-state index in [1.165, 1.54) is 36.7 Å². The number of nitrogens with one attached hydrogen (secondary N) is 1. The molecule has 6 nitrogen and oxygen atoms in total. The van der Waals surface area contributed by atoms with Crippen LogP contribution >= 0.6 is 11.8 Å². The summed E-state index contributed by atoms with van der Waals surface area (Å²) in [6, 6.07) is 6.49. The van der Waals surface area contributed by atoms with Gasteiger partial charge in [0.1, 0.15) is 5.82 Å². The number of halogens is 1. The van der Waals surface area contributed by atoms with Crippen molar-refractivity contribution in [1.82, 2.24) is 20.1 Å². The van der Waals surface area contributed by atoms with Crippen molar-refractivity contribution < 1.29 is 9.18 Å². The van der Waals surface area contributed by atoms with Crippen molar-refractivity contribution in [3.8, 4) is 0 Å². The summed E-state index contributed by atoms with van der Waals surface area (Å²) in [4.78, 5) is 15.1. The number of benzene rings is 1. The minimum atomic E-state index is -0.302. The summed E-state index contributed by atoms with van der Waals surface area (Å²) in [5, 5.41) is 12.5. The van der Waals surface area contributed by atoms with E-state index in [2.05, 4.69) is 31.9 Å². The molecule has 1 aliphatic heterocycles. The first-order valence-electron chi connectivity index (χ1n) is 10.8. The number of thioether (sulfide) groups is 1. The summed E-state index contributed by atoms with van der Waals surface area (Å²) in [7, 11) is 0. The smallest absolute Gasteiger partial charge is 0.233 e. The lowest BCUT2D eigenvalue weighted by Gasteiger charge is -2.31. The van der Waals surface area contributed by atoms with Gasteiger partial charge in [0.25, 0.3) is 0 Å².